The summed E-state index contributed by atoms with van der Waals surface area (Å²) in [6.45, 7) is 0. The topological polar surface area (TPSA) is 71.4 Å². The summed E-state index contributed by atoms with van der Waals surface area (Å²) >= 11 is 0. The first-order valence-corrected chi connectivity index (χ1v) is 6.45. The van der Waals surface area contributed by atoms with Gasteiger partial charge in [-0.05, 0) is 23.8 Å². The van der Waals surface area contributed by atoms with E-state index in [0.29, 0.717) is 12.1 Å². The molecule has 1 atom stereocenters. The minimum atomic E-state index is -4.63. The molecule has 0 spiro atoms. The van der Waals surface area contributed by atoms with Crippen molar-refractivity contribution in [2.24, 2.45) is 0 Å². The molecule has 18 heavy (non-hydrogen) atoms. The van der Waals surface area contributed by atoms with Gasteiger partial charge in [-0.2, -0.15) is 13.2 Å². The smallest absolute Gasteiger partial charge is 0.416 e. The predicted octanol–water partition coefficient (Wildman–Crippen LogP) is 1.66. The van der Waals surface area contributed by atoms with Gasteiger partial charge in [-0.1, -0.05) is 0 Å². The Morgan fingerprint density at radius 1 is 1.33 bits per heavy atom. The number of carboxylic acid groups (broad SMARTS) is 1. The summed E-state index contributed by atoms with van der Waals surface area (Å²) in [6.07, 6.45) is -4.63. The first kappa shape index (κ1) is 12.9. The van der Waals surface area contributed by atoms with E-state index in [-0.39, 0.29) is 10.5 Å². The number of rotatable bonds is 1. The Morgan fingerprint density at radius 2 is 1.94 bits per heavy atom. The van der Waals surface area contributed by atoms with E-state index in [2.05, 4.69) is 0 Å². The second-order valence-electron chi connectivity index (χ2n) is 3.92. The van der Waals surface area contributed by atoms with Gasteiger partial charge in [0, 0.05) is 0 Å². The molecule has 1 heterocycles. The SMILES string of the molecule is O=C(O)C1CS(=O)(=O)c2ccc(C(F)(F)F)cc21. The number of aliphatic carboxylic acids is 1. The summed E-state index contributed by atoms with van der Waals surface area (Å²) in [6, 6.07) is 2.05. The molecule has 0 bridgehead atoms. The summed E-state index contributed by atoms with van der Waals surface area (Å²) in [5, 5.41) is 8.84. The first-order valence-electron chi connectivity index (χ1n) is 4.79. The van der Waals surface area contributed by atoms with E-state index in [1.165, 1.54) is 0 Å². The molecule has 8 heteroatoms. The summed E-state index contributed by atoms with van der Waals surface area (Å²) in [4.78, 5) is 10.5. The maximum atomic E-state index is 12.5. The second kappa shape index (κ2) is 3.71. The largest absolute Gasteiger partial charge is 0.481 e. The van der Waals surface area contributed by atoms with Crippen LogP contribution in [0.25, 0.3) is 0 Å². The molecule has 0 saturated heterocycles. The predicted molar refractivity (Wildman–Crippen MR) is 53.9 cm³/mol. The van der Waals surface area contributed by atoms with Crippen LogP contribution in [0.4, 0.5) is 13.2 Å². The maximum absolute atomic E-state index is 12.5. The molecule has 1 aliphatic heterocycles. The van der Waals surface area contributed by atoms with Crippen molar-refractivity contribution in [2.75, 3.05) is 5.75 Å². The molecule has 1 N–H and O–H groups in total. The number of benzene rings is 1. The van der Waals surface area contributed by atoms with E-state index in [1.54, 1.807) is 0 Å². The van der Waals surface area contributed by atoms with E-state index in [1.807, 2.05) is 0 Å². The normalized spacial score (nSPS) is 21.6. The number of halogens is 3. The number of hydrogen-bond acceptors (Lipinski definition) is 3. The van der Waals surface area contributed by atoms with Crippen LogP contribution >= 0.6 is 0 Å². The summed E-state index contributed by atoms with van der Waals surface area (Å²) in [5.41, 5.74) is -1.35. The third-order valence-corrected chi connectivity index (χ3v) is 4.55. The fraction of sp³-hybridized carbons (Fsp3) is 0.300. The van der Waals surface area contributed by atoms with Crippen LogP contribution in [0.1, 0.15) is 17.0 Å². The van der Waals surface area contributed by atoms with Crippen molar-refractivity contribution < 1.29 is 31.5 Å². The number of carboxylic acids is 1. The summed E-state index contributed by atoms with van der Waals surface area (Å²) < 4.78 is 60.6. The third-order valence-electron chi connectivity index (χ3n) is 2.73. The average Bonchev–Trinajstić information content (AvgIpc) is 2.49. The van der Waals surface area contributed by atoms with Crippen molar-refractivity contribution in [3.63, 3.8) is 0 Å². The third kappa shape index (κ3) is 1.96. The molecule has 0 radical (unpaired) electrons. The lowest BCUT2D eigenvalue weighted by molar-refractivity contribution is -0.139. The van der Waals surface area contributed by atoms with E-state index in [4.69, 9.17) is 5.11 Å². The van der Waals surface area contributed by atoms with E-state index in [0.717, 1.165) is 6.07 Å². The van der Waals surface area contributed by atoms with Crippen molar-refractivity contribution in [1.29, 1.82) is 0 Å². The molecule has 4 nitrogen and oxygen atoms in total. The van der Waals surface area contributed by atoms with E-state index < -0.39 is 39.2 Å². The van der Waals surface area contributed by atoms with Gasteiger partial charge < -0.3 is 5.11 Å². The van der Waals surface area contributed by atoms with E-state index >= 15 is 0 Å². The van der Waals surface area contributed by atoms with Crippen LogP contribution in [0.2, 0.25) is 0 Å². The van der Waals surface area contributed by atoms with Gasteiger partial charge >= 0.3 is 12.1 Å². The molecule has 0 aromatic heterocycles. The highest BCUT2D eigenvalue weighted by atomic mass is 32.2. The van der Waals surface area contributed by atoms with Crippen LogP contribution < -0.4 is 0 Å². The van der Waals surface area contributed by atoms with Crippen LogP contribution in [0.15, 0.2) is 23.1 Å². The lowest BCUT2D eigenvalue weighted by Gasteiger charge is -2.09. The minimum absolute atomic E-state index is 0.294. The Bertz CT molecular complexity index is 619. The average molecular weight is 280 g/mol. The van der Waals surface area contributed by atoms with Crippen LogP contribution in [0, 0.1) is 0 Å². The molecule has 2 rings (SSSR count). The Hall–Kier alpha value is -1.57. The maximum Gasteiger partial charge on any atom is 0.416 e. The van der Waals surface area contributed by atoms with Gasteiger partial charge in [0.2, 0.25) is 0 Å². The Kier molecular flexibility index (Phi) is 2.65. The first-order chi connectivity index (χ1) is 8.13. The molecule has 0 fully saturated rings. The molecule has 0 saturated carbocycles. The number of fused-ring (bicyclic) bond motifs is 1. The fourth-order valence-electron chi connectivity index (χ4n) is 1.88. The van der Waals surface area contributed by atoms with Gasteiger partial charge in [0.1, 0.15) is 0 Å². The van der Waals surface area contributed by atoms with Crippen molar-refractivity contribution >= 4 is 15.8 Å². The molecule has 1 unspecified atom stereocenters. The number of carbonyl (C=O) groups is 1. The van der Waals surface area contributed by atoms with Gasteiger partial charge in [0.05, 0.1) is 22.1 Å². The van der Waals surface area contributed by atoms with Gasteiger partial charge in [-0.15, -0.1) is 0 Å². The van der Waals surface area contributed by atoms with Crippen LogP contribution in [-0.4, -0.2) is 25.2 Å². The number of sulfone groups is 1. The fourth-order valence-corrected chi connectivity index (χ4v) is 3.66. The molecule has 1 aromatic rings. The Morgan fingerprint density at radius 3 is 2.44 bits per heavy atom. The van der Waals surface area contributed by atoms with Gasteiger partial charge in [0.15, 0.2) is 9.84 Å². The highest BCUT2D eigenvalue weighted by molar-refractivity contribution is 7.91. The monoisotopic (exact) mass is 280 g/mol. The molecule has 0 aliphatic carbocycles. The molecular weight excluding hydrogens is 273 g/mol. The molecule has 98 valence electrons. The van der Waals surface area contributed by atoms with Crippen molar-refractivity contribution in [2.45, 2.75) is 17.0 Å². The van der Waals surface area contributed by atoms with Crippen LogP contribution in [0.3, 0.4) is 0 Å². The summed E-state index contributed by atoms with van der Waals surface area (Å²) in [5.74, 6) is -3.58. The summed E-state index contributed by atoms with van der Waals surface area (Å²) in [7, 11) is -3.81. The molecule has 1 aromatic carbocycles. The Labute approximate surface area is 100.0 Å². The lowest BCUT2D eigenvalue weighted by Crippen LogP contribution is -2.14. The van der Waals surface area contributed by atoms with Gasteiger partial charge in [-0.3, -0.25) is 4.79 Å². The van der Waals surface area contributed by atoms with Crippen molar-refractivity contribution in [3.8, 4) is 0 Å². The van der Waals surface area contributed by atoms with Gasteiger partial charge in [-0.25, -0.2) is 8.42 Å². The van der Waals surface area contributed by atoms with Crippen molar-refractivity contribution in [1.82, 2.24) is 0 Å². The quantitative estimate of drug-likeness (QED) is 0.849. The standard InChI is InChI=1S/C10H7F3O4S/c11-10(12,13)5-1-2-8-6(3-5)7(9(14)15)4-18(8,16)17/h1-3,7H,4H2,(H,14,15). The van der Waals surface area contributed by atoms with E-state index in [9.17, 15) is 26.4 Å². The number of alkyl halides is 3. The highest BCUT2D eigenvalue weighted by Gasteiger charge is 2.41. The van der Waals surface area contributed by atoms with Crippen molar-refractivity contribution in [3.05, 3.63) is 29.3 Å². The minimum Gasteiger partial charge on any atom is -0.481 e. The van der Waals surface area contributed by atoms with Crippen LogP contribution in [0.5, 0.6) is 0 Å². The molecule has 0 amide bonds. The zero-order valence-corrected chi connectivity index (χ0v) is 9.55. The van der Waals surface area contributed by atoms with Crippen LogP contribution in [-0.2, 0) is 20.8 Å². The second-order valence-corrected chi connectivity index (χ2v) is 5.93. The zero-order valence-electron chi connectivity index (χ0n) is 8.73. The molecular formula is C10H7F3O4S. The lowest BCUT2D eigenvalue weighted by atomic mass is 9.99. The number of hydrogen-bond donors (Lipinski definition) is 1. The Balaban J connectivity index is 2.65. The zero-order chi connectivity index (χ0) is 13.7. The molecule has 1 aliphatic rings. The van der Waals surface area contributed by atoms with Gasteiger partial charge in [0.25, 0.3) is 0 Å². The highest BCUT2D eigenvalue weighted by Crippen LogP contribution is 2.39.